The first kappa shape index (κ1) is 17.0. The van der Waals surface area contributed by atoms with Crippen molar-refractivity contribution in [1.82, 2.24) is 10.2 Å². The topological polar surface area (TPSA) is 58.6 Å². The van der Waals surface area contributed by atoms with Gasteiger partial charge in [0.1, 0.15) is 0 Å². The van der Waals surface area contributed by atoms with E-state index in [1.807, 2.05) is 35.2 Å². The summed E-state index contributed by atoms with van der Waals surface area (Å²) in [6.07, 6.45) is 3.95. The Morgan fingerprint density at radius 2 is 2.08 bits per heavy atom. The quantitative estimate of drug-likeness (QED) is 0.841. The molecule has 1 aromatic rings. The molecular weight excluding hydrogens is 304 g/mol. The minimum atomic E-state index is -0.0401. The molecule has 5 nitrogen and oxygen atoms in total. The number of methoxy groups -OCH3 is 1. The van der Waals surface area contributed by atoms with Crippen LogP contribution in [0.15, 0.2) is 30.3 Å². The van der Waals surface area contributed by atoms with Crippen molar-refractivity contribution in [2.45, 2.75) is 25.7 Å². The van der Waals surface area contributed by atoms with Gasteiger partial charge in [-0.2, -0.15) is 0 Å². The molecular formula is C19H26N2O3. The summed E-state index contributed by atoms with van der Waals surface area (Å²) in [6.45, 7) is 2.53. The number of carbonyl (C=O) groups excluding carboxylic acids is 2. The lowest BCUT2D eigenvalue weighted by atomic mass is 9.76. The summed E-state index contributed by atoms with van der Waals surface area (Å²) in [5.74, 6) is 0.222. The van der Waals surface area contributed by atoms with Crippen molar-refractivity contribution in [2.24, 2.45) is 11.3 Å². The number of ether oxygens (including phenoxy) is 1. The van der Waals surface area contributed by atoms with E-state index in [4.69, 9.17) is 4.74 Å². The van der Waals surface area contributed by atoms with Gasteiger partial charge < -0.3 is 15.0 Å². The number of nitrogens with one attached hydrogen (secondary N) is 1. The van der Waals surface area contributed by atoms with Gasteiger partial charge in [-0.15, -0.1) is 0 Å². The molecule has 0 aromatic heterocycles. The average molecular weight is 330 g/mol. The molecule has 130 valence electrons. The second-order valence-corrected chi connectivity index (χ2v) is 6.93. The molecule has 24 heavy (non-hydrogen) atoms. The Kier molecular flexibility index (Phi) is 5.19. The van der Waals surface area contributed by atoms with Crippen molar-refractivity contribution >= 4 is 11.8 Å². The molecule has 1 aromatic carbocycles. The lowest BCUT2D eigenvalue weighted by molar-refractivity contribution is -0.128. The van der Waals surface area contributed by atoms with Crippen LogP contribution < -0.4 is 5.32 Å². The van der Waals surface area contributed by atoms with E-state index in [1.165, 1.54) is 0 Å². The third kappa shape index (κ3) is 3.31. The second-order valence-electron chi connectivity index (χ2n) is 6.93. The maximum absolute atomic E-state index is 12.7. The van der Waals surface area contributed by atoms with Gasteiger partial charge in [0.05, 0.1) is 6.61 Å². The van der Waals surface area contributed by atoms with Gasteiger partial charge in [0.15, 0.2) is 0 Å². The van der Waals surface area contributed by atoms with Crippen molar-refractivity contribution < 1.29 is 14.3 Å². The molecule has 1 spiro atoms. The normalized spacial score (nSPS) is 26.0. The van der Waals surface area contributed by atoms with Crippen molar-refractivity contribution in [3.63, 3.8) is 0 Å². The summed E-state index contributed by atoms with van der Waals surface area (Å²) in [4.78, 5) is 27.2. The number of rotatable bonds is 5. The number of amides is 2. The van der Waals surface area contributed by atoms with E-state index in [0.29, 0.717) is 19.7 Å². The number of benzene rings is 1. The molecule has 1 aliphatic carbocycles. The van der Waals surface area contributed by atoms with Crippen LogP contribution in [0.25, 0.3) is 0 Å². The van der Waals surface area contributed by atoms with E-state index < -0.39 is 0 Å². The van der Waals surface area contributed by atoms with E-state index >= 15 is 0 Å². The van der Waals surface area contributed by atoms with Gasteiger partial charge >= 0.3 is 0 Å². The fourth-order valence-electron chi connectivity index (χ4n) is 4.27. The van der Waals surface area contributed by atoms with Gasteiger partial charge in [-0.25, -0.2) is 0 Å². The first-order valence-electron chi connectivity index (χ1n) is 8.77. The molecule has 1 N–H and O–H groups in total. The van der Waals surface area contributed by atoms with Crippen molar-refractivity contribution in [1.29, 1.82) is 0 Å². The van der Waals surface area contributed by atoms with Gasteiger partial charge in [-0.1, -0.05) is 24.6 Å². The molecule has 1 aliphatic heterocycles. The van der Waals surface area contributed by atoms with Crippen molar-refractivity contribution in [3.05, 3.63) is 35.9 Å². The molecule has 2 fully saturated rings. The van der Waals surface area contributed by atoms with Gasteiger partial charge in [-0.05, 0) is 31.4 Å². The summed E-state index contributed by atoms with van der Waals surface area (Å²) in [7, 11) is 1.63. The molecule has 2 aliphatic rings. The highest BCUT2D eigenvalue weighted by Gasteiger charge is 2.51. The zero-order chi connectivity index (χ0) is 17.0. The fraction of sp³-hybridized carbons (Fsp3) is 0.579. The standard InChI is InChI=1S/C19H26N2O3/c1-24-13-11-20-17(22)16-8-5-9-19(16)10-12-21(14-19)18(23)15-6-3-2-4-7-15/h2-4,6-7,16H,5,8-14H2,1H3,(H,20,22)/t16-,19-/m0/s1. The SMILES string of the molecule is COCCNC(=O)[C@@H]1CCC[C@@]12CCN(C(=O)c1ccccc1)C2. The smallest absolute Gasteiger partial charge is 0.253 e. The van der Waals surface area contributed by atoms with Gasteiger partial charge in [-0.3, -0.25) is 9.59 Å². The molecule has 0 radical (unpaired) electrons. The average Bonchev–Trinajstić information content (AvgIpc) is 3.23. The van der Waals surface area contributed by atoms with Crippen LogP contribution >= 0.6 is 0 Å². The highest BCUT2D eigenvalue weighted by Crippen LogP contribution is 2.50. The van der Waals surface area contributed by atoms with Crippen LogP contribution in [-0.2, 0) is 9.53 Å². The molecule has 3 rings (SSSR count). The molecule has 1 saturated heterocycles. The van der Waals surface area contributed by atoms with Crippen molar-refractivity contribution in [2.75, 3.05) is 33.4 Å². The van der Waals surface area contributed by atoms with Crippen LogP contribution in [0, 0.1) is 11.3 Å². The summed E-state index contributed by atoms with van der Waals surface area (Å²) in [6, 6.07) is 9.41. The third-order valence-corrected chi connectivity index (χ3v) is 5.52. The highest BCUT2D eigenvalue weighted by atomic mass is 16.5. The third-order valence-electron chi connectivity index (χ3n) is 5.52. The maximum Gasteiger partial charge on any atom is 0.253 e. The Labute approximate surface area is 143 Å². The second kappa shape index (κ2) is 7.34. The number of nitrogens with zero attached hydrogens (tertiary/aromatic N) is 1. The predicted molar refractivity (Wildman–Crippen MR) is 91.6 cm³/mol. The van der Waals surface area contributed by atoms with Crippen LogP contribution in [0.1, 0.15) is 36.0 Å². The van der Waals surface area contributed by atoms with E-state index in [2.05, 4.69) is 5.32 Å². The minimum Gasteiger partial charge on any atom is -0.383 e. The Hall–Kier alpha value is -1.88. The largest absolute Gasteiger partial charge is 0.383 e. The molecule has 0 unspecified atom stereocenters. The van der Waals surface area contributed by atoms with E-state index in [0.717, 1.165) is 37.8 Å². The van der Waals surface area contributed by atoms with Crippen LogP contribution in [0.3, 0.4) is 0 Å². The number of hydrogen-bond donors (Lipinski definition) is 1. The summed E-state index contributed by atoms with van der Waals surface area (Å²) >= 11 is 0. The zero-order valence-corrected chi connectivity index (χ0v) is 14.3. The first-order chi connectivity index (χ1) is 11.7. The van der Waals surface area contributed by atoms with Crippen LogP contribution in [0.4, 0.5) is 0 Å². The fourth-order valence-corrected chi connectivity index (χ4v) is 4.27. The van der Waals surface area contributed by atoms with Gasteiger partial charge in [0, 0.05) is 43.6 Å². The number of carbonyl (C=O) groups is 2. The molecule has 0 bridgehead atoms. The lowest BCUT2D eigenvalue weighted by Gasteiger charge is -2.30. The zero-order valence-electron chi connectivity index (χ0n) is 14.3. The predicted octanol–water partition coefficient (Wildman–Crippen LogP) is 2.08. The Balaban J connectivity index is 1.66. The van der Waals surface area contributed by atoms with Crippen LogP contribution in [0.5, 0.6) is 0 Å². The van der Waals surface area contributed by atoms with E-state index in [1.54, 1.807) is 7.11 Å². The maximum atomic E-state index is 12.7. The Morgan fingerprint density at radius 1 is 1.29 bits per heavy atom. The van der Waals surface area contributed by atoms with E-state index in [-0.39, 0.29) is 23.1 Å². The summed E-state index contributed by atoms with van der Waals surface area (Å²) in [5, 5.41) is 2.99. The molecule has 1 saturated carbocycles. The van der Waals surface area contributed by atoms with E-state index in [9.17, 15) is 9.59 Å². The van der Waals surface area contributed by atoms with Crippen molar-refractivity contribution in [3.8, 4) is 0 Å². The molecule has 5 heteroatoms. The molecule has 2 amide bonds. The Bertz CT molecular complexity index is 590. The van der Waals surface area contributed by atoms with Gasteiger partial charge in [0.25, 0.3) is 5.91 Å². The Morgan fingerprint density at radius 3 is 2.83 bits per heavy atom. The molecule has 2 atom stereocenters. The summed E-state index contributed by atoms with van der Waals surface area (Å²) in [5.41, 5.74) is 0.690. The number of hydrogen-bond acceptors (Lipinski definition) is 3. The molecule has 1 heterocycles. The first-order valence-corrected chi connectivity index (χ1v) is 8.77. The number of likely N-dealkylation sites (tertiary alicyclic amines) is 1. The highest BCUT2D eigenvalue weighted by molar-refractivity contribution is 5.94. The van der Waals surface area contributed by atoms with Gasteiger partial charge in [0.2, 0.25) is 5.91 Å². The summed E-state index contributed by atoms with van der Waals surface area (Å²) < 4.78 is 5.00. The monoisotopic (exact) mass is 330 g/mol. The minimum absolute atomic E-state index is 0.0166. The van der Waals surface area contributed by atoms with Crippen LogP contribution in [-0.4, -0.2) is 50.1 Å². The van der Waals surface area contributed by atoms with Crippen LogP contribution in [0.2, 0.25) is 0 Å². The lowest BCUT2D eigenvalue weighted by Crippen LogP contribution is -2.42.